The van der Waals surface area contributed by atoms with Crippen LogP contribution in [-0.4, -0.2) is 68.1 Å². The van der Waals surface area contributed by atoms with Gasteiger partial charge in [-0.05, 0) is 48.7 Å². The maximum atomic E-state index is 12.0. The van der Waals surface area contributed by atoms with E-state index >= 15 is 0 Å². The second-order valence-corrected chi connectivity index (χ2v) is 8.57. The zero-order valence-electron chi connectivity index (χ0n) is 21.9. The standard InChI is InChI=1S/C17H18N2O5.C11H13NO2/c1-18(12-11-13-5-3-4-6-16(13)23-2)17(20)24-15-9-7-14(8-10-15)19(21)22;1-12-7-6-8-9(11(12)13)4-3-5-10(8)14-2/h3-10H,11-12H2,1-2H3;3-5H,6-7H2,1-2H3. The van der Waals surface area contributed by atoms with Crippen molar-refractivity contribution in [2.45, 2.75) is 12.8 Å². The van der Waals surface area contributed by atoms with E-state index in [1.165, 1.54) is 29.2 Å². The van der Waals surface area contributed by atoms with Gasteiger partial charge < -0.3 is 24.0 Å². The molecule has 0 atom stereocenters. The molecule has 38 heavy (non-hydrogen) atoms. The third-order valence-corrected chi connectivity index (χ3v) is 6.10. The van der Waals surface area contributed by atoms with Gasteiger partial charge in [0.25, 0.3) is 11.6 Å². The van der Waals surface area contributed by atoms with Gasteiger partial charge in [0.1, 0.15) is 17.2 Å². The topological polar surface area (TPSA) is 111 Å². The lowest BCUT2D eigenvalue weighted by atomic mass is 9.98. The molecular weight excluding hydrogens is 490 g/mol. The molecule has 3 aromatic rings. The number of hydrogen-bond donors (Lipinski definition) is 0. The summed E-state index contributed by atoms with van der Waals surface area (Å²) < 4.78 is 15.7. The van der Waals surface area contributed by atoms with Crippen LogP contribution in [0.1, 0.15) is 21.5 Å². The van der Waals surface area contributed by atoms with E-state index in [0.717, 1.165) is 41.2 Å². The lowest BCUT2D eigenvalue weighted by molar-refractivity contribution is -0.384. The molecule has 200 valence electrons. The van der Waals surface area contributed by atoms with E-state index < -0.39 is 11.0 Å². The highest BCUT2D eigenvalue weighted by Gasteiger charge is 2.23. The predicted octanol–water partition coefficient (Wildman–Crippen LogP) is 4.60. The minimum atomic E-state index is -0.529. The molecule has 0 aliphatic carbocycles. The van der Waals surface area contributed by atoms with Gasteiger partial charge in [-0.15, -0.1) is 0 Å². The summed E-state index contributed by atoms with van der Waals surface area (Å²) in [5.74, 6) is 1.94. The van der Waals surface area contributed by atoms with Crippen molar-refractivity contribution in [3.05, 3.63) is 93.5 Å². The predicted molar refractivity (Wildman–Crippen MR) is 142 cm³/mol. The Bertz CT molecular complexity index is 1280. The highest BCUT2D eigenvalue weighted by molar-refractivity contribution is 5.97. The Morgan fingerprint density at radius 2 is 1.66 bits per heavy atom. The number of fused-ring (bicyclic) bond motifs is 1. The van der Waals surface area contributed by atoms with Crippen molar-refractivity contribution in [2.24, 2.45) is 0 Å². The van der Waals surface area contributed by atoms with Crippen LogP contribution in [0.15, 0.2) is 66.7 Å². The number of ether oxygens (including phenoxy) is 3. The summed E-state index contributed by atoms with van der Waals surface area (Å²) in [4.78, 5) is 37.1. The molecule has 0 unspecified atom stereocenters. The van der Waals surface area contributed by atoms with Crippen LogP contribution >= 0.6 is 0 Å². The number of carbonyl (C=O) groups is 2. The van der Waals surface area contributed by atoms with Gasteiger partial charge in [0, 0.05) is 50.4 Å². The van der Waals surface area contributed by atoms with Gasteiger partial charge in [-0.2, -0.15) is 0 Å². The van der Waals surface area contributed by atoms with Gasteiger partial charge in [0.05, 0.1) is 19.1 Å². The molecule has 4 rings (SSSR count). The summed E-state index contributed by atoms with van der Waals surface area (Å²) in [6, 6.07) is 18.6. The Kier molecular flexibility index (Phi) is 9.64. The molecule has 0 spiro atoms. The fourth-order valence-electron chi connectivity index (χ4n) is 3.91. The zero-order valence-corrected chi connectivity index (χ0v) is 21.9. The van der Waals surface area contributed by atoms with E-state index in [1.54, 1.807) is 26.2 Å². The summed E-state index contributed by atoms with van der Waals surface area (Å²) in [5.41, 5.74) is 2.76. The van der Waals surface area contributed by atoms with Crippen LogP contribution in [0, 0.1) is 10.1 Å². The Labute approximate surface area is 221 Å². The Balaban J connectivity index is 0.000000241. The molecule has 0 fully saturated rings. The van der Waals surface area contributed by atoms with Crippen molar-refractivity contribution < 1.29 is 28.7 Å². The fourth-order valence-corrected chi connectivity index (χ4v) is 3.91. The van der Waals surface area contributed by atoms with Crippen LogP contribution in [0.4, 0.5) is 10.5 Å². The van der Waals surface area contributed by atoms with E-state index in [1.807, 2.05) is 49.5 Å². The molecule has 10 nitrogen and oxygen atoms in total. The smallest absolute Gasteiger partial charge is 0.414 e. The van der Waals surface area contributed by atoms with E-state index in [-0.39, 0.29) is 17.3 Å². The van der Waals surface area contributed by atoms with Crippen LogP contribution in [0.3, 0.4) is 0 Å². The van der Waals surface area contributed by atoms with Crippen LogP contribution in [0.2, 0.25) is 0 Å². The van der Waals surface area contributed by atoms with Crippen molar-refractivity contribution in [3.8, 4) is 17.2 Å². The van der Waals surface area contributed by atoms with Crippen LogP contribution < -0.4 is 14.2 Å². The fraction of sp³-hybridized carbons (Fsp3) is 0.286. The molecule has 10 heteroatoms. The third-order valence-electron chi connectivity index (χ3n) is 6.10. The van der Waals surface area contributed by atoms with Crippen molar-refractivity contribution in [1.29, 1.82) is 0 Å². The average molecular weight is 522 g/mol. The normalized spacial score (nSPS) is 12.0. The number of rotatable bonds is 7. The first-order valence-corrected chi connectivity index (χ1v) is 12.0. The Morgan fingerprint density at radius 1 is 1.00 bits per heavy atom. The molecule has 3 aromatic carbocycles. The summed E-state index contributed by atoms with van der Waals surface area (Å²) in [7, 11) is 6.69. The molecule has 0 saturated carbocycles. The van der Waals surface area contributed by atoms with E-state index in [2.05, 4.69) is 0 Å². The number of benzene rings is 3. The van der Waals surface area contributed by atoms with E-state index in [0.29, 0.717) is 13.0 Å². The second-order valence-electron chi connectivity index (χ2n) is 8.57. The number of nitro benzene ring substituents is 1. The molecule has 1 aliphatic rings. The van der Waals surface area contributed by atoms with Gasteiger partial charge in [0.15, 0.2) is 0 Å². The quantitative estimate of drug-likeness (QED) is 0.330. The van der Waals surface area contributed by atoms with E-state index in [4.69, 9.17) is 14.2 Å². The zero-order chi connectivity index (χ0) is 27.7. The molecule has 0 bridgehead atoms. The maximum absolute atomic E-state index is 12.0. The number of amides is 2. The number of hydrogen-bond acceptors (Lipinski definition) is 7. The monoisotopic (exact) mass is 521 g/mol. The van der Waals surface area contributed by atoms with Crippen molar-refractivity contribution in [2.75, 3.05) is 41.4 Å². The largest absolute Gasteiger partial charge is 0.496 e. The lowest BCUT2D eigenvalue weighted by Crippen LogP contribution is -2.34. The molecule has 2 amide bonds. The highest BCUT2D eigenvalue weighted by Crippen LogP contribution is 2.27. The van der Waals surface area contributed by atoms with Gasteiger partial charge in [-0.1, -0.05) is 24.3 Å². The minimum Gasteiger partial charge on any atom is -0.496 e. The van der Waals surface area contributed by atoms with Gasteiger partial charge in [-0.3, -0.25) is 14.9 Å². The molecule has 0 radical (unpaired) electrons. The number of methoxy groups -OCH3 is 2. The van der Waals surface area contributed by atoms with Crippen LogP contribution in [0.5, 0.6) is 17.2 Å². The number of likely N-dealkylation sites (N-methyl/N-ethyl adjacent to an activating group) is 2. The van der Waals surface area contributed by atoms with Gasteiger partial charge in [-0.25, -0.2) is 4.79 Å². The molecule has 0 aromatic heterocycles. The van der Waals surface area contributed by atoms with Gasteiger partial charge in [0.2, 0.25) is 0 Å². The van der Waals surface area contributed by atoms with E-state index in [9.17, 15) is 19.7 Å². The van der Waals surface area contributed by atoms with Crippen molar-refractivity contribution >= 4 is 17.7 Å². The molecule has 1 heterocycles. The molecule has 1 aliphatic heterocycles. The number of nitrogens with zero attached hydrogens (tertiary/aromatic N) is 3. The maximum Gasteiger partial charge on any atom is 0.414 e. The first-order chi connectivity index (χ1) is 18.2. The Hall–Kier alpha value is -4.60. The van der Waals surface area contributed by atoms with Gasteiger partial charge >= 0.3 is 6.09 Å². The second kappa shape index (κ2) is 13.1. The van der Waals surface area contributed by atoms with Crippen LogP contribution in [0.25, 0.3) is 0 Å². The molecule has 0 N–H and O–H groups in total. The first-order valence-electron chi connectivity index (χ1n) is 12.0. The first kappa shape index (κ1) is 28.0. The number of para-hydroxylation sites is 1. The lowest BCUT2D eigenvalue weighted by Gasteiger charge is -2.25. The van der Waals surface area contributed by atoms with Crippen LogP contribution in [-0.2, 0) is 12.8 Å². The summed E-state index contributed by atoms with van der Waals surface area (Å²) in [6.07, 6.45) is 0.969. The number of nitro groups is 1. The summed E-state index contributed by atoms with van der Waals surface area (Å²) in [6.45, 7) is 1.22. The minimum absolute atomic E-state index is 0.0562. The molecular formula is C28H31N3O7. The molecule has 0 saturated heterocycles. The third kappa shape index (κ3) is 7.00. The number of carbonyl (C=O) groups excluding carboxylic acids is 2. The SMILES string of the molecule is COc1cccc2c1CCN(C)C2=O.COc1ccccc1CCN(C)C(=O)Oc1ccc([N+](=O)[O-])cc1. The summed E-state index contributed by atoms with van der Waals surface area (Å²) >= 11 is 0. The summed E-state index contributed by atoms with van der Waals surface area (Å²) in [5, 5.41) is 10.6. The highest BCUT2D eigenvalue weighted by atomic mass is 16.6. The average Bonchev–Trinajstić information content (AvgIpc) is 2.94. The van der Waals surface area contributed by atoms with Crippen molar-refractivity contribution in [1.82, 2.24) is 9.80 Å². The Morgan fingerprint density at radius 3 is 2.32 bits per heavy atom. The number of non-ortho nitro benzene ring substituents is 1. The van der Waals surface area contributed by atoms with Crippen molar-refractivity contribution in [3.63, 3.8) is 0 Å².